The minimum atomic E-state index is -3.63. The second-order valence-electron chi connectivity index (χ2n) is 5.26. The van der Waals surface area contributed by atoms with Crippen LogP contribution in [0.5, 0.6) is 0 Å². The molecule has 0 aliphatic carbocycles. The molecule has 1 aromatic carbocycles. The van der Waals surface area contributed by atoms with Crippen molar-refractivity contribution in [3.05, 3.63) is 62.0 Å². The van der Waals surface area contributed by atoms with E-state index in [1.165, 1.54) is 15.1 Å². The molecule has 7 nitrogen and oxygen atoms in total. The Hall–Kier alpha value is -1.49. The van der Waals surface area contributed by atoms with Crippen LogP contribution in [0.1, 0.15) is 6.42 Å². The maximum atomic E-state index is 12.3. The largest absolute Gasteiger partial charge is 0.350 e. The molecule has 0 fully saturated rings. The fourth-order valence-corrected chi connectivity index (χ4v) is 5.14. The van der Waals surface area contributed by atoms with Gasteiger partial charge in [-0.15, -0.1) is 5.10 Å². The zero-order chi connectivity index (χ0) is 18.0. The van der Waals surface area contributed by atoms with Crippen molar-refractivity contribution in [2.75, 3.05) is 6.54 Å². The van der Waals surface area contributed by atoms with E-state index in [1.807, 2.05) is 0 Å². The predicted molar refractivity (Wildman–Crippen MR) is 101 cm³/mol. The molecule has 0 atom stereocenters. The Labute approximate surface area is 161 Å². The quantitative estimate of drug-likeness (QED) is 0.538. The van der Waals surface area contributed by atoms with Crippen LogP contribution in [0.15, 0.2) is 61.2 Å². The van der Waals surface area contributed by atoms with Crippen molar-refractivity contribution in [2.45, 2.75) is 17.9 Å². The molecule has 0 amide bonds. The van der Waals surface area contributed by atoms with Gasteiger partial charge in [0.1, 0.15) is 0 Å². The van der Waals surface area contributed by atoms with E-state index in [2.05, 4.69) is 41.7 Å². The maximum Gasteiger partial charge on any atom is 0.350 e. The molecule has 0 spiro atoms. The van der Waals surface area contributed by atoms with Crippen molar-refractivity contribution < 1.29 is 8.42 Å². The van der Waals surface area contributed by atoms with Gasteiger partial charge in [-0.25, -0.2) is 22.6 Å². The Morgan fingerprint density at radius 1 is 1.16 bits per heavy atom. The molecule has 0 radical (unpaired) electrons. The van der Waals surface area contributed by atoms with E-state index in [0.29, 0.717) is 23.1 Å². The first-order valence-electron chi connectivity index (χ1n) is 7.37. The lowest BCUT2D eigenvalue weighted by molar-refractivity contribution is 0.543. The highest BCUT2D eigenvalue weighted by atomic mass is 79.9. The molecule has 3 rings (SSSR count). The number of aryl methyl sites for hydroxylation is 1. The number of nitrogens with zero attached hydrogens (tertiary/aromatic N) is 3. The van der Waals surface area contributed by atoms with Crippen molar-refractivity contribution in [1.82, 2.24) is 18.9 Å². The molecule has 2 aromatic heterocycles. The summed E-state index contributed by atoms with van der Waals surface area (Å²) in [5.74, 6) is 0. The Morgan fingerprint density at radius 3 is 2.68 bits per heavy atom. The highest BCUT2D eigenvalue weighted by Crippen LogP contribution is 2.25. The van der Waals surface area contributed by atoms with Gasteiger partial charge in [0.2, 0.25) is 10.0 Å². The van der Waals surface area contributed by atoms with Gasteiger partial charge in [-0.1, -0.05) is 22.0 Å². The van der Waals surface area contributed by atoms with Gasteiger partial charge in [0.25, 0.3) is 0 Å². The van der Waals surface area contributed by atoms with E-state index in [1.54, 1.807) is 36.5 Å². The molecule has 3 aromatic rings. The van der Waals surface area contributed by atoms with Crippen molar-refractivity contribution in [2.24, 2.45) is 0 Å². The molecular weight excluding hydrogens is 476 g/mol. The molecule has 1 N–H and O–H groups in total. The third-order valence-electron chi connectivity index (χ3n) is 3.51. The third-order valence-corrected chi connectivity index (χ3v) is 6.44. The Morgan fingerprint density at radius 2 is 1.96 bits per heavy atom. The molecule has 0 saturated heterocycles. The fourth-order valence-electron chi connectivity index (χ4n) is 2.32. The summed E-state index contributed by atoms with van der Waals surface area (Å²) in [5, 5.41) is 4.21. The summed E-state index contributed by atoms with van der Waals surface area (Å²) in [6.07, 6.45) is 2.09. The first kappa shape index (κ1) is 18.3. The minimum Gasteiger partial charge on any atom is -0.250 e. The number of rotatable bonds is 6. The van der Waals surface area contributed by atoms with Crippen LogP contribution < -0.4 is 10.4 Å². The number of sulfonamides is 1. The Kier molecular flexibility index (Phi) is 5.42. The molecule has 25 heavy (non-hydrogen) atoms. The SMILES string of the molecule is O=c1n(CCCNS(=O)(=O)c2ccc(Br)cc2Br)nc2ccccn12. The summed E-state index contributed by atoms with van der Waals surface area (Å²) in [5.41, 5.74) is 0.320. The third kappa shape index (κ3) is 4.02. The molecule has 132 valence electrons. The topological polar surface area (TPSA) is 85.5 Å². The average molecular weight is 490 g/mol. The number of benzene rings is 1. The van der Waals surface area contributed by atoms with E-state index in [0.717, 1.165) is 4.47 Å². The number of hydrogen-bond donors (Lipinski definition) is 1. The van der Waals surface area contributed by atoms with Crippen LogP contribution in [0.25, 0.3) is 5.65 Å². The molecule has 0 aliphatic rings. The van der Waals surface area contributed by atoms with Crippen LogP contribution >= 0.6 is 31.9 Å². The van der Waals surface area contributed by atoms with Gasteiger partial charge in [-0.2, -0.15) is 0 Å². The molecule has 10 heteroatoms. The first-order valence-corrected chi connectivity index (χ1v) is 10.4. The van der Waals surface area contributed by atoms with Crippen molar-refractivity contribution in [3.8, 4) is 0 Å². The second kappa shape index (κ2) is 7.40. The van der Waals surface area contributed by atoms with Gasteiger partial charge in [0, 0.05) is 28.2 Å². The number of fused-ring (bicyclic) bond motifs is 1. The van der Waals surface area contributed by atoms with Crippen LogP contribution in [0.3, 0.4) is 0 Å². The van der Waals surface area contributed by atoms with E-state index in [9.17, 15) is 13.2 Å². The summed E-state index contributed by atoms with van der Waals surface area (Å²) < 4.78 is 31.3. The van der Waals surface area contributed by atoms with E-state index in [4.69, 9.17) is 0 Å². The van der Waals surface area contributed by atoms with Gasteiger partial charge >= 0.3 is 5.69 Å². The van der Waals surface area contributed by atoms with Crippen LogP contribution in [0.4, 0.5) is 0 Å². The lowest BCUT2D eigenvalue weighted by atomic mass is 10.4. The average Bonchev–Trinajstić information content (AvgIpc) is 2.88. The van der Waals surface area contributed by atoms with Crippen LogP contribution in [0, 0.1) is 0 Å². The minimum absolute atomic E-state index is 0.167. The van der Waals surface area contributed by atoms with Gasteiger partial charge in [0.05, 0.1) is 4.90 Å². The number of nitrogens with one attached hydrogen (secondary N) is 1. The zero-order valence-electron chi connectivity index (χ0n) is 12.9. The molecule has 0 bridgehead atoms. The van der Waals surface area contributed by atoms with Crippen LogP contribution in [0.2, 0.25) is 0 Å². The van der Waals surface area contributed by atoms with E-state index >= 15 is 0 Å². The van der Waals surface area contributed by atoms with Crippen molar-refractivity contribution in [1.29, 1.82) is 0 Å². The highest BCUT2D eigenvalue weighted by molar-refractivity contribution is 9.11. The molecular formula is C15H14Br2N4O3S. The lowest BCUT2D eigenvalue weighted by Crippen LogP contribution is -2.27. The number of hydrogen-bond acceptors (Lipinski definition) is 4. The van der Waals surface area contributed by atoms with Crippen LogP contribution in [-0.2, 0) is 16.6 Å². The normalized spacial score (nSPS) is 11.9. The predicted octanol–water partition coefficient (Wildman–Crippen LogP) is 2.39. The molecule has 0 saturated carbocycles. The maximum absolute atomic E-state index is 12.3. The van der Waals surface area contributed by atoms with E-state index < -0.39 is 10.0 Å². The van der Waals surface area contributed by atoms with E-state index in [-0.39, 0.29) is 17.1 Å². The smallest absolute Gasteiger partial charge is 0.250 e. The Bertz CT molecular complexity index is 1080. The van der Waals surface area contributed by atoms with Gasteiger partial charge in [-0.3, -0.25) is 4.40 Å². The number of halogens is 2. The highest BCUT2D eigenvalue weighted by Gasteiger charge is 2.17. The fraction of sp³-hybridized carbons (Fsp3) is 0.200. The monoisotopic (exact) mass is 488 g/mol. The summed E-state index contributed by atoms with van der Waals surface area (Å²) in [6, 6.07) is 10.1. The van der Waals surface area contributed by atoms with Crippen molar-refractivity contribution in [3.63, 3.8) is 0 Å². The zero-order valence-corrected chi connectivity index (χ0v) is 16.9. The Balaban J connectivity index is 1.64. The molecule has 0 aliphatic heterocycles. The molecule has 0 unspecified atom stereocenters. The van der Waals surface area contributed by atoms with Gasteiger partial charge in [-0.05, 0) is 52.7 Å². The summed E-state index contributed by atoms with van der Waals surface area (Å²) in [7, 11) is -3.63. The van der Waals surface area contributed by atoms with Gasteiger partial charge in [0.15, 0.2) is 5.65 Å². The standard InChI is InChI=1S/C15H14Br2N4O3S/c16-11-5-6-13(12(17)10-11)25(23,24)18-7-3-9-21-15(22)20-8-2-1-4-14(20)19-21/h1-2,4-6,8,10,18H,3,7,9H2. The lowest BCUT2D eigenvalue weighted by Gasteiger charge is -2.08. The second-order valence-corrected chi connectivity index (χ2v) is 8.77. The van der Waals surface area contributed by atoms with Gasteiger partial charge < -0.3 is 0 Å². The summed E-state index contributed by atoms with van der Waals surface area (Å²) >= 11 is 6.54. The van der Waals surface area contributed by atoms with Crippen LogP contribution in [-0.4, -0.2) is 29.1 Å². The summed E-state index contributed by atoms with van der Waals surface area (Å²) in [6.45, 7) is 0.524. The molecule has 2 heterocycles. The number of aromatic nitrogens is 3. The first-order chi connectivity index (χ1) is 11.9. The summed E-state index contributed by atoms with van der Waals surface area (Å²) in [4.78, 5) is 12.3. The van der Waals surface area contributed by atoms with Crippen molar-refractivity contribution >= 4 is 47.5 Å². The number of pyridine rings is 1.